The predicted molar refractivity (Wildman–Crippen MR) is 87.2 cm³/mol. The predicted octanol–water partition coefficient (Wildman–Crippen LogP) is 2.37. The maximum absolute atomic E-state index is 12.5. The van der Waals surface area contributed by atoms with Crippen LogP contribution in [-0.4, -0.2) is 41.8 Å². The summed E-state index contributed by atoms with van der Waals surface area (Å²) in [6.07, 6.45) is 4.50. The second-order valence-electron chi connectivity index (χ2n) is 6.63. The SMILES string of the molecule is O=C(O)CC1(NC(=O)c2cccc(OCC3CCCO3)c2)CCC1. The summed E-state index contributed by atoms with van der Waals surface area (Å²) in [4.78, 5) is 23.5. The fourth-order valence-electron chi connectivity index (χ4n) is 3.24. The van der Waals surface area contributed by atoms with Gasteiger partial charge in [-0.1, -0.05) is 6.07 Å². The third-order valence-electron chi connectivity index (χ3n) is 4.74. The molecule has 1 aromatic rings. The number of ether oxygens (including phenoxy) is 2. The zero-order valence-corrected chi connectivity index (χ0v) is 13.6. The molecule has 1 atom stereocenters. The molecule has 130 valence electrons. The number of rotatable bonds is 7. The molecule has 0 spiro atoms. The van der Waals surface area contributed by atoms with Crippen molar-refractivity contribution in [1.29, 1.82) is 0 Å². The van der Waals surface area contributed by atoms with Gasteiger partial charge in [-0.15, -0.1) is 0 Å². The van der Waals surface area contributed by atoms with Crippen molar-refractivity contribution in [2.45, 2.75) is 50.2 Å². The Bertz CT molecular complexity index is 605. The minimum atomic E-state index is -0.886. The highest BCUT2D eigenvalue weighted by atomic mass is 16.5. The Balaban J connectivity index is 1.60. The van der Waals surface area contributed by atoms with Crippen LogP contribution in [0.5, 0.6) is 5.75 Å². The van der Waals surface area contributed by atoms with Gasteiger partial charge in [0.15, 0.2) is 0 Å². The lowest BCUT2D eigenvalue weighted by Crippen LogP contribution is -2.54. The van der Waals surface area contributed by atoms with Gasteiger partial charge in [-0.2, -0.15) is 0 Å². The van der Waals surface area contributed by atoms with Crippen LogP contribution in [0.15, 0.2) is 24.3 Å². The van der Waals surface area contributed by atoms with Crippen molar-refractivity contribution in [2.75, 3.05) is 13.2 Å². The first-order valence-corrected chi connectivity index (χ1v) is 8.45. The minimum absolute atomic E-state index is 0.0338. The molecule has 2 fully saturated rings. The molecule has 1 aliphatic heterocycles. The number of aliphatic carboxylic acids is 1. The van der Waals surface area contributed by atoms with Crippen LogP contribution in [0.3, 0.4) is 0 Å². The Kier molecular flexibility index (Phi) is 5.04. The van der Waals surface area contributed by atoms with Crippen molar-refractivity contribution in [1.82, 2.24) is 5.32 Å². The molecular weight excluding hydrogens is 310 g/mol. The van der Waals surface area contributed by atoms with Crippen LogP contribution in [-0.2, 0) is 9.53 Å². The van der Waals surface area contributed by atoms with Crippen molar-refractivity contribution in [2.24, 2.45) is 0 Å². The molecule has 6 heteroatoms. The number of nitrogens with one attached hydrogen (secondary N) is 1. The van der Waals surface area contributed by atoms with Gasteiger partial charge in [0.2, 0.25) is 0 Å². The molecule has 0 aromatic heterocycles. The van der Waals surface area contributed by atoms with E-state index in [-0.39, 0.29) is 18.4 Å². The summed E-state index contributed by atoms with van der Waals surface area (Å²) in [5, 5.41) is 11.9. The number of carbonyl (C=O) groups is 2. The second kappa shape index (κ2) is 7.21. The van der Waals surface area contributed by atoms with E-state index in [1.165, 1.54) is 0 Å². The Labute approximate surface area is 141 Å². The molecule has 6 nitrogen and oxygen atoms in total. The van der Waals surface area contributed by atoms with E-state index in [1.807, 2.05) is 6.07 Å². The van der Waals surface area contributed by atoms with Gasteiger partial charge in [-0.05, 0) is 50.3 Å². The molecule has 1 unspecified atom stereocenters. The molecule has 1 saturated heterocycles. The zero-order chi connectivity index (χ0) is 17.0. The summed E-state index contributed by atoms with van der Waals surface area (Å²) < 4.78 is 11.2. The Morgan fingerprint density at radius 2 is 2.17 bits per heavy atom. The summed E-state index contributed by atoms with van der Waals surface area (Å²) in [7, 11) is 0. The number of amides is 1. The highest BCUT2D eigenvalue weighted by Crippen LogP contribution is 2.35. The first-order valence-electron chi connectivity index (χ1n) is 8.45. The molecule has 1 aromatic carbocycles. The number of hydrogen-bond donors (Lipinski definition) is 2. The fraction of sp³-hybridized carbons (Fsp3) is 0.556. The van der Waals surface area contributed by atoms with Crippen LogP contribution in [0.25, 0.3) is 0 Å². The van der Waals surface area contributed by atoms with Crippen molar-refractivity contribution in [3.05, 3.63) is 29.8 Å². The summed E-state index contributed by atoms with van der Waals surface area (Å²) in [6, 6.07) is 6.98. The standard InChI is InChI=1S/C18H23NO5/c20-16(21)11-18(7-3-8-18)19-17(22)13-4-1-5-14(10-13)24-12-15-6-2-9-23-15/h1,4-5,10,15H,2-3,6-9,11-12H2,(H,19,22)(H,20,21). The van der Waals surface area contributed by atoms with Crippen LogP contribution >= 0.6 is 0 Å². The first kappa shape index (κ1) is 16.8. The molecule has 2 aliphatic rings. The molecule has 1 amide bonds. The third-order valence-corrected chi connectivity index (χ3v) is 4.74. The summed E-state index contributed by atoms with van der Waals surface area (Å²) in [6.45, 7) is 1.26. The lowest BCUT2D eigenvalue weighted by atomic mass is 9.74. The molecule has 1 aliphatic carbocycles. The number of benzene rings is 1. The molecule has 1 heterocycles. The zero-order valence-electron chi connectivity index (χ0n) is 13.6. The molecule has 1 saturated carbocycles. The summed E-state index contributed by atoms with van der Waals surface area (Å²) >= 11 is 0. The molecule has 24 heavy (non-hydrogen) atoms. The van der Waals surface area contributed by atoms with E-state index in [2.05, 4.69) is 5.32 Å². The molecule has 0 bridgehead atoms. The van der Waals surface area contributed by atoms with Gasteiger partial charge >= 0.3 is 5.97 Å². The Morgan fingerprint density at radius 3 is 2.79 bits per heavy atom. The largest absolute Gasteiger partial charge is 0.491 e. The Hall–Kier alpha value is -2.08. The molecule has 2 N–H and O–H groups in total. The van der Waals surface area contributed by atoms with E-state index >= 15 is 0 Å². The van der Waals surface area contributed by atoms with Gasteiger partial charge in [0.25, 0.3) is 5.91 Å². The quantitative estimate of drug-likeness (QED) is 0.800. The third kappa shape index (κ3) is 4.06. The van der Waals surface area contributed by atoms with Crippen molar-refractivity contribution in [3.63, 3.8) is 0 Å². The normalized spacial score (nSPS) is 21.8. The number of carboxylic acids is 1. The number of carbonyl (C=O) groups excluding carboxylic acids is 1. The fourth-order valence-corrected chi connectivity index (χ4v) is 3.24. The van der Waals surface area contributed by atoms with Gasteiger partial charge in [0.1, 0.15) is 12.4 Å². The number of hydrogen-bond acceptors (Lipinski definition) is 4. The van der Waals surface area contributed by atoms with Crippen LogP contribution in [0.2, 0.25) is 0 Å². The highest BCUT2D eigenvalue weighted by molar-refractivity contribution is 5.95. The van der Waals surface area contributed by atoms with Crippen molar-refractivity contribution >= 4 is 11.9 Å². The average Bonchev–Trinajstić information content (AvgIpc) is 3.04. The molecular formula is C18H23NO5. The van der Waals surface area contributed by atoms with Crippen LogP contribution in [0.4, 0.5) is 0 Å². The topological polar surface area (TPSA) is 84.9 Å². The van der Waals surface area contributed by atoms with Gasteiger partial charge in [-0.25, -0.2) is 0 Å². The van der Waals surface area contributed by atoms with Crippen molar-refractivity contribution < 1.29 is 24.2 Å². The molecule has 3 rings (SSSR count). The van der Waals surface area contributed by atoms with E-state index in [0.717, 1.165) is 25.9 Å². The molecule has 0 radical (unpaired) electrons. The maximum Gasteiger partial charge on any atom is 0.305 e. The lowest BCUT2D eigenvalue weighted by Gasteiger charge is -2.41. The number of carboxylic acid groups (broad SMARTS) is 1. The summed E-state index contributed by atoms with van der Waals surface area (Å²) in [5.74, 6) is -0.513. The van der Waals surface area contributed by atoms with E-state index in [0.29, 0.717) is 30.8 Å². The summed E-state index contributed by atoms with van der Waals surface area (Å²) in [5.41, 5.74) is -0.117. The van der Waals surface area contributed by atoms with Crippen LogP contribution in [0.1, 0.15) is 48.9 Å². The minimum Gasteiger partial charge on any atom is -0.491 e. The van der Waals surface area contributed by atoms with Gasteiger partial charge in [0, 0.05) is 12.2 Å². The van der Waals surface area contributed by atoms with Gasteiger partial charge < -0.3 is 19.9 Å². The van der Waals surface area contributed by atoms with E-state index in [9.17, 15) is 9.59 Å². The maximum atomic E-state index is 12.5. The van der Waals surface area contributed by atoms with Crippen LogP contribution < -0.4 is 10.1 Å². The Morgan fingerprint density at radius 1 is 1.33 bits per heavy atom. The van der Waals surface area contributed by atoms with Gasteiger partial charge in [0.05, 0.1) is 18.1 Å². The average molecular weight is 333 g/mol. The first-order chi connectivity index (χ1) is 11.6. The second-order valence-corrected chi connectivity index (χ2v) is 6.63. The highest BCUT2D eigenvalue weighted by Gasteiger charge is 2.40. The van der Waals surface area contributed by atoms with E-state index in [4.69, 9.17) is 14.6 Å². The smallest absolute Gasteiger partial charge is 0.305 e. The monoisotopic (exact) mass is 333 g/mol. The lowest BCUT2D eigenvalue weighted by molar-refractivity contribution is -0.139. The van der Waals surface area contributed by atoms with Crippen molar-refractivity contribution in [3.8, 4) is 5.75 Å². The van der Waals surface area contributed by atoms with E-state index < -0.39 is 11.5 Å². The van der Waals surface area contributed by atoms with Crippen LogP contribution in [0, 0.1) is 0 Å². The van der Waals surface area contributed by atoms with E-state index in [1.54, 1.807) is 18.2 Å². The van der Waals surface area contributed by atoms with Gasteiger partial charge in [-0.3, -0.25) is 9.59 Å².